The molecule has 0 saturated heterocycles. The first-order valence-electron chi connectivity index (χ1n) is 6.16. The Kier molecular flexibility index (Phi) is 6.98. The van der Waals surface area contributed by atoms with E-state index >= 15 is 0 Å². The van der Waals surface area contributed by atoms with E-state index in [0.29, 0.717) is 6.04 Å². The summed E-state index contributed by atoms with van der Waals surface area (Å²) < 4.78 is 10.9. The fraction of sp³-hybridized carbons (Fsp3) is 1.00. The van der Waals surface area contributed by atoms with Gasteiger partial charge in [-0.15, -0.1) is 0 Å². The van der Waals surface area contributed by atoms with Crippen molar-refractivity contribution in [3.8, 4) is 0 Å². The summed E-state index contributed by atoms with van der Waals surface area (Å²) in [5.41, 5.74) is 0. The number of nitrogens with one attached hydrogen (secondary N) is 1. The smallest absolute Gasteiger partial charge is 0.0642 e. The molecule has 1 unspecified atom stereocenters. The summed E-state index contributed by atoms with van der Waals surface area (Å²) in [5, 5.41) is 3.36. The monoisotopic (exact) mass is 215 g/mol. The van der Waals surface area contributed by atoms with Gasteiger partial charge in [0.2, 0.25) is 0 Å². The van der Waals surface area contributed by atoms with Crippen LogP contribution in [0.1, 0.15) is 32.6 Å². The Bertz CT molecular complexity index is 141. The molecule has 1 N–H and O–H groups in total. The Labute approximate surface area is 93.5 Å². The summed E-state index contributed by atoms with van der Waals surface area (Å²) in [4.78, 5) is 0. The van der Waals surface area contributed by atoms with Gasteiger partial charge in [0.1, 0.15) is 0 Å². The van der Waals surface area contributed by atoms with Gasteiger partial charge in [-0.05, 0) is 25.3 Å². The molecule has 0 aromatic carbocycles. The van der Waals surface area contributed by atoms with Crippen molar-refractivity contribution in [2.24, 2.45) is 5.92 Å². The maximum atomic E-state index is 5.74. The summed E-state index contributed by atoms with van der Waals surface area (Å²) in [6, 6.07) is 0.349. The SMILES string of the molecule is CCNC(COC)COCC1CCCC1. The van der Waals surface area contributed by atoms with Crippen LogP contribution in [0.5, 0.6) is 0 Å². The van der Waals surface area contributed by atoms with Crippen LogP contribution in [0.15, 0.2) is 0 Å². The van der Waals surface area contributed by atoms with Gasteiger partial charge < -0.3 is 14.8 Å². The van der Waals surface area contributed by atoms with E-state index in [-0.39, 0.29) is 0 Å². The van der Waals surface area contributed by atoms with Gasteiger partial charge in [-0.3, -0.25) is 0 Å². The third-order valence-electron chi connectivity index (χ3n) is 3.01. The maximum absolute atomic E-state index is 5.74. The van der Waals surface area contributed by atoms with Crippen LogP contribution in [-0.2, 0) is 9.47 Å². The second-order valence-corrected chi connectivity index (χ2v) is 4.40. The van der Waals surface area contributed by atoms with E-state index in [1.165, 1.54) is 25.7 Å². The predicted octanol–water partition coefficient (Wildman–Crippen LogP) is 1.82. The molecule has 1 fully saturated rings. The van der Waals surface area contributed by atoms with Crippen LogP contribution in [0.3, 0.4) is 0 Å². The lowest BCUT2D eigenvalue weighted by Gasteiger charge is -2.18. The van der Waals surface area contributed by atoms with Gasteiger partial charge in [-0.2, -0.15) is 0 Å². The van der Waals surface area contributed by atoms with Crippen molar-refractivity contribution in [2.75, 3.05) is 33.5 Å². The van der Waals surface area contributed by atoms with Crippen LogP contribution in [0, 0.1) is 5.92 Å². The number of likely N-dealkylation sites (N-methyl/N-ethyl adjacent to an activating group) is 1. The Morgan fingerprint density at radius 1 is 1.27 bits per heavy atom. The normalized spacial score (nSPS) is 19.6. The minimum Gasteiger partial charge on any atom is -0.383 e. The lowest BCUT2D eigenvalue weighted by molar-refractivity contribution is 0.0569. The average Bonchev–Trinajstić information content (AvgIpc) is 2.71. The number of methoxy groups -OCH3 is 1. The number of ether oxygens (including phenoxy) is 2. The number of hydrogen-bond donors (Lipinski definition) is 1. The van der Waals surface area contributed by atoms with Gasteiger partial charge in [0.25, 0.3) is 0 Å². The molecule has 0 aliphatic heterocycles. The Morgan fingerprint density at radius 3 is 2.60 bits per heavy atom. The van der Waals surface area contributed by atoms with E-state index in [1.807, 2.05) is 0 Å². The van der Waals surface area contributed by atoms with Crippen LogP contribution in [-0.4, -0.2) is 39.5 Å². The number of hydrogen-bond acceptors (Lipinski definition) is 3. The summed E-state index contributed by atoms with van der Waals surface area (Å²) in [7, 11) is 1.74. The zero-order chi connectivity index (χ0) is 10.9. The van der Waals surface area contributed by atoms with Crippen LogP contribution >= 0.6 is 0 Å². The Hall–Kier alpha value is -0.120. The molecule has 90 valence electrons. The molecule has 0 heterocycles. The first-order chi connectivity index (χ1) is 7.36. The molecule has 15 heavy (non-hydrogen) atoms. The Balaban J connectivity index is 2.04. The summed E-state index contributed by atoms with van der Waals surface area (Å²) in [6.45, 7) is 5.53. The van der Waals surface area contributed by atoms with E-state index in [0.717, 1.165) is 32.3 Å². The molecule has 1 saturated carbocycles. The molecule has 3 nitrogen and oxygen atoms in total. The van der Waals surface area contributed by atoms with Crippen LogP contribution < -0.4 is 5.32 Å². The molecule has 0 radical (unpaired) electrons. The molecule has 1 rings (SSSR count). The summed E-state index contributed by atoms with van der Waals surface area (Å²) in [5.74, 6) is 0.815. The van der Waals surface area contributed by atoms with Crippen LogP contribution in [0.25, 0.3) is 0 Å². The van der Waals surface area contributed by atoms with E-state index in [1.54, 1.807) is 7.11 Å². The van der Waals surface area contributed by atoms with Crippen molar-refractivity contribution in [1.29, 1.82) is 0 Å². The fourth-order valence-corrected chi connectivity index (χ4v) is 2.21. The van der Waals surface area contributed by atoms with Crippen molar-refractivity contribution >= 4 is 0 Å². The predicted molar refractivity (Wildman–Crippen MR) is 62.1 cm³/mol. The average molecular weight is 215 g/mol. The molecule has 0 bridgehead atoms. The second-order valence-electron chi connectivity index (χ2n) is 4.40. The minimum absolute atomic E-state index is 0.349. The largest absolute Gasteiger partial charge is 0.383 e. The lowest BCUT2D eigenvalue weighted by Crippen LogP contribution is -2.37. The maximum Gasteiger partial charge on any atom is 0.0642 e. The first kappa shape index (κ1) is 12.9. The van der Waals surface area contributed by atoms with Crippen molar-refractivity contribution in [3.05, 3.63) is 0 Å². The summed E-state index contributed by atoms with van der Waals surface area (Å²) in [6.07, 6.45) is 5.50. The minimum atomic E-state index is 0.349. The van der Waals surface area contributed by atoms with Gasteiger partial charge in [0, 0.05) is 13.7 Å². The van der Waals surface area contributed by atoms with Gasteiger partial charge in [0.15, 0.2) is 0 Å². The third kappa shape index (κ3) is 5.50. The molecule has 0 aromatic rings. The summed E-state index contributed by atoms with van der Waals surface area (Å²) >= 11 is 0. The van der Waals surface area contributed by atoms with E-state index in [2.05, 4.69) is 12.2 Å². The quantitative estimate of drug-likeness (QED) is 0.670. The van der Waals surface area contributed by atoms with Crippen molar-refractivity contribution in [1.82, 2.24) is 5.32 Å². The zero-order valence-electron chi connectivity index (χ0n) is 10.1. The fourth-order valence-electron chi connectivity index (χ4n) is 2.21. The number of rotatable bonds is 8. The van der Waals surface area contributed by atoms with Gasteiger partial charge >= 0.3 is 0 Å². The van der Waals surface area contributed by atoms with Crippen LogP contribution in [0.4, 0.5) is 0 Å². The zero-order valence-corrected chi connectivity index (χ0v) is 10.1. The van der Waals surface area contributed by atoms with E-state index in [4.69, 9.17) is 9.47 Å². The molecule has 0 aromatic heterocycles. The molecule has 1 aliphatic rings. The third-order valence-corrected chi connectivity index (χ3v) is 3.01. The molecule has 1 atom stereocenters. The lowest BCUT2D eigenvalue weighted by atomic mass is 10.1. The molecule has 0 spiro atoms. The second kappa shape index (κ2) is 8.08. The first-order valence-corrected chi connectivity index (χ1v) is 6.16. The standard InChI is InChI=1S/C12H25NO2/c1-3-13-12(9-14-2)10-15-8-11-6-4-5-7-11/h11-13H,3-10H2,1-2H3. The molecular formula is C12H25NO2. The highest BCUT2D eigenvalue weighted by atomic mass is 16.5. The van der Waals surface area contributed by atoms with Crippen LogP contribution in [0.2, 0.25) is 0 Å². The molecule has 3 heteroatoms. The highest BCUT2D eigenvalue weighted by Crippen LogP contribution is 2.24. The topological polar surface area (TPSA) is 30.5 Å². The molecule has 1 aliphatic carbocycles. The van der Waals surface area contributed by atoms with Gasteiger partial charge in [-0.1, -0.05) is 19.8 Å². The van der Waals surface area contributed by atoms with Crippen molar-refractivity contribution in [2.45, 2.75) is 38.6 Å². The van der Waals surface area contributed by atoms with Crippen molar-refractivity contribution in [3.63, 3.8) is 0 Å². The van der Waals surface area contributed by atoms with E-state index in [9.17, 15) is 0 Å². The van der Waals surface area contributed by atoms with Gasteiger partial charge in [-0.25, -0.2) is 0 Å². The molecule has 0 amide bonds. The molecular weight excluding hydrogens is 190 g/mol. The highest BCUT2D eigenvalue weighted by Gasteiger charge is 2.15. The van der Waals surface area contributed by atoms with E-state index < -0.39 is 0 Å². The highest BCUT2D eigenvalue weighted by molar-refractivity contribution is 4.68. The Morgan fingerprint density at radius 2 is 2.00 bits per heavy atom. The van der Waals surface area contributed by atoms with Gasteiger partial charge in [0.05, 0.1) is 19.3 Å². The van der Waals surface area contributed by atoms with Crippen molar-refractivity contribution < 1.29 is 9.47 Å².